The molecule has 0 aromatic carbocycles. The molecule has 2 heteroatoms. The number of allylic oxidation sites excluding steroid dienone is 5. The van der Waals surface area contributed by atoms with Crippen LogP contribution in [0.5, 0.6) is 0 Å². The van der Waals surface area contributed by atoms with Crippen molar-refractivity contribution in [2.75, 3.05) is 0 Å². The lowest BCUT2D eigenvalue weighted by molar-refractivity contribution is 1.13. The standard InChI is InChI=1S/C9H6N2/c10-6-8-3-1-2-7-4-5-11-9(7)8/h1-5,8H/t8-/m1/s1. The minimum Gasteiger partial charge on any atom is -0.259 e. The zero-order chi connectivity index (χ0) is 7.68. The molecule has 2 nitrogen and oxygen atoms in total. The van der Waals surface area contributed by atoms with Crippen molar-refractivity contribution in [1.82, 2.24) is 0 Å². The number of nitriles is 1. The molecule has 0 aromatic heterocycles. The van der Waals surface area contributed by atoms with Crippen LogP contribution in [-0.4, -0.2) is 5.71 Å². The molecule has 11 heavy (non-hydrogen) atoms. The Morgan fingerprint density at radius 3 is 3.27 bits per heavy atom. The van der Waals surface area contributed by atoms with Gasteiger partial charge < -0.3 is 0 Å². The van der Waals surface area contributed by atoms with Gasteiger partial charge in [-0.05, 0) is 11.6 Å². The quantitative estimate of drug-likeness (QED) is 0.506. The molecule has 1 atom stereocenters. The first kappa shape index (κ1) is 6.11. The summed E-state index contributed by atoms with van der Waals surface area (Å²) in [6.07, 6.45) is 9.38. The molecule has 2 rings (SSSR count). The van der Waals surface area contributed by atoms with Crippen LogP contribution in [0.25, 0.3) is 0 Å². The van der Waals surface area contributed by atoms with Crippen LogP contribution >= 0.6 is 0 Å². The van der Waals surface area contributed by atoms with Crippen LogP contribution in [0.3, 0.4) is 0 Å². The van der Waals surface area contributed by atoms with Crippen LogP contribution in [0.2, 0.25) is 0 Å². The number of nitrogens with zero attached hydrogens (tertiary/aromatic N) is 2. The van der Waals surface area contributed by atoms with E-state index in [1.54, 1.807) is 6.20 Å². The summed E-state index contributed by atoms with van der Waals surface area (Å²) in [6.45, 7) is 0. The molecule has 0 fully saturated rings. The van der Waals surface area contributed by atoms with E-state index < -0.39 is 0 Å². The summed E-state index contributed by atoms with van der Waals surface area (Å²) < 4.78 is 0. The summed E-state index contributed by atoms with van der Waals surface area (Å²) in [5, 5.41) is 8.70. The van der Waals surface area contributed by atoms with Gasteiger partial charge in [0, 0.05) is 6.20 Å². The van der Waals surface area contributed by atoms with Crippen molar-refractivity contribution in [1.29, 1.82) is 5.26 Å². The topological polar surface area (TPSA) is 36.1 Å². The van der Waals surface area contributed by atoms with Gasteiger partial charge in [0.1, 0.15) is 5.92 Å². The van der Waals surface area contributed by atoms with Gasteiger partial charge in [-0.2, -0.15) is 5.26 Å². The summed E-state index contributed by atoms with van der Waals surface area (Å²) >= 11 is 0. The first-order valence-electron chi connectivity index (χ1n) is 3.44. The summed E-state index contributed by atoms with van der Waals surface area (Å²) in [4.78, 5) is 4.10. The Kier molecular flexibility index (Phi) is 1.23. The second kappa shape index (κ2) is 2.21. The summed E-state index contributed by atoms with van der Waals surface area (Å²) in [6, 6.07) is 2.18. The van der Waals surface area contributed by atoms with E-state index in [1.165, 1.54) is 0 Å². The first-order valence-corrected chi connectivity index (χ1v) is 3.44. The number of aliphatic imine (C=N–C) groups is 1. The Bertz CT molecular complexity index is 337. The maximum Gasteiger partial charge on any atom is 0.107 e. The van der Waals surface area contributed by atoms with E-state index in [2.05, 4.69) is 11.1 Å². The van der Waals surface area contributed by atoms with E-state index >= 15 is 0 Å². The molecule has 2 aliphatic rings. The van der Waals surface area contributed by atoms with Crippen molar-refractivity contribution >= 4 is 5.71 Å². The predicted octanol–water partition coefficient (Wildman–Crippen LogP) is 1.59. The fraction of sp³-hybridized carbons (Fsp3) is 0.111. The Labute approximate surface area is 64.9 Å². The zero-order valence-electron chi connectivity index (χ0n) is 5.86. The molecule has 1 aliphatic heterocycles. The van der Waals surface area contributed by atoms with Crippen molar-refractivity contribution in [3.63, 3.8) is 0 Å². The highest BCUT2D eigenvalue weighted by Crippen LogP contribution is 2.20. The average molecular weight is 142 g/mol. The highest BCUT2D eigenvalue weighted by atomic mass is 14.7. The Morgan fingerprint density at radius 2 is 2.45 bits per heavy atom. The minimum atomic E-state index is -0.148. The van der Waals surface area contributed by atoms with Gasteiger partial charge in [-0.25, -0.2) is 0 Å². The van der Waals surface area contributed by atoms with E-state index in [4.69, 9.17) is 5.26 Å². The van der Waals surface area contributed by atoms with Crippen LogP contribution in [0.15, 0.2) is 41.1 Å². The average Bonchev–Trinajstić information content (AvgIpc) is 2.50. The Balaban J connectivity index is 2.44. The van der Waals surface area contributed by atoms with Crippen molar-refractivity contribution in [3.05, 3.63) is 36.1 Å². The fourth-order valence-electron chi connectivity index (χ4n) is 1.22. The fourth-order valence-corrected chi connectivity index (χ4v) is 1.22. The van der Waals surface area contributed by atoms with Crippen molar-refractivity contribution in [3.8, 4) is 6.07 Å². The van der Waals surface area contributed by atoms with Gasteiger partial charge in [-0.1, -0.05) is 18.2 Å². The molecule has 52 valence electrons. The Morgan fingerprint density at radius 1 is 1.55 bits per heavy atom. The van der Waals surface area contributed by atoms with Gasteiger partial charge >= 0.3 is 0 Å². The number of rotatable bonds is 0. The lowest BCUT2D eigenvalue weighted by atomic mass is 9.94. The molecular formula is C9H6N2. The van der Waals surface area contributed by atoms with E-state index in [9.17, 15) is 0 Å². The van der Waals surface area contributed by atoms with E-state index in [0.717, 1.165) is 11.3 Å². The predicted molar refractivity (Wildman–Crippen MR) is 42.9 cm³/mol. The number of hydrogen-bond donors (Lipinski definition) is 0. The third kappa shape index (κ3) is 0.821. The van der Waals surface area contributed by atoms with Crippen LogP contribution in [0.4, 0.5) is 0 Å². The van der Waals surface area contributed by atoms with Gasteiger partial charge in [0.25, 0.3) is 0 Å². The van der Waals surface area contributed by atoms with Gasteiger partial charge in [-0.3, -0.25) is 4.99 Å². The maximum absolute atomic E-state index is 8.70. The molecule has 0 unspecified atom stereocenters. The molecule has 0 spiro atoms. The highest BCUT2D eigenvalue weighted by molar-refractivity contribution is 6.09. The van der Waals surface area contributed by atoms with Gasteiger partial charge in [0.05, 0.1) is 11.8 Å². The largest absolute Gasteiger partial charge is 0.259 e. The zero-order valence-corrected chi connectivity index (χ0v) is 5.86. The van der Waals surface area contributed by atoms with Crippen molar-refractivity contribution in [2.24, 2.45) is 10.9 Å². The van der Waals surface area contributed by atoms with Crippen LogP contribution in [0, 0.1) is 17.2 Å². The van der Waals surface area contributed by atoms with Crippen LogP contribution in [0.1, 0.15) is 0 Å². The lowest BCUT2D eigenvalue weighted by Gasteiger charge is -2.08. The highest BCUT2D eigenvalue weighted by Gasteiger charge is 2.19. The molecule has 0 bridgehead atoms. The number of hydrogen-bond acceptors (Lipinski definition) is 2. The van der Waals surface area contributed by atoms with Crippen LogP contribution < -0.4 is 0 Å². The summed E-state index contributed by atoms with van der Waals surface area (Å²) in [5.41, 5.74) is 1.95. The first-order chi connectivity index (χ1) is 5.42. The van der Waals surface area contributed by atoms with Crippen LogP contribution in [-0.2, 0) is 0 Å². The second-order valence-electron chi connectivity index (χ2n) is 2.44. The molecule has 0 N–H and O–H groups in total. The molecule has 1 heterocycles. The number of fused-ring (bicyclic) bond motifs is 1. The van der Waals surface area contributed by atoms with Crippen molar-refractivity contribution in [2.45, 2.75) is 0 Å². The maximum atomic E-state index is 8.70. The molecular weight excluding hydrogens is 136 g/mol. The monoisotopic (exact) mass is 142 g/mol. The molecule has 0 aromatic rings. The normalized spacial score (nSPS) is 25.5. The lowest BCUT2D eigenvalue weighted by Crippen LogP contribution is -2.12. The minimum absolute atomic E-state index is 0.148. The van der Waals surface area contributed by atoms with E-state index in [0.29, 0.717) is 0 Å². The summed E-state index contributed by atoms with van der Waals surface area (Å²) in [5.74, 6) is -0.148. The third-order valence-corrected chi connectivity index (χ3v) is 1.78. The van der Waals surface area contributed by atoms with Gasteiger partial charge in [-0.15, -0.1) is 0 Å². The molecule has 0 saturated carbocycles. The van der Waals surface area contributed by atoms with E-state index in [1.807, 2.05) is 24.3 Å². The van der Waals surface area contributed by atoms with Crippen molar-refractivity contribution < 1.29 is 0 Å². The van der Waals surface area contributed by atoms with Gasteiger partial charge in [0.15, 0.2) is 0 Å². The molecule has 0 saturated heterocycles. The second-order valence-corrected chi connectivity index (χ2v) is 2.44. The van der Waals surface area contributed by atoms with E-state index in [-0.39, 0.29) is 5.92 Å². The van der Waals surface area contributed by atoms with Gasteiger partial charge in [0.2, 0.25) is 0 Å². The molecule has 0 amide bonds. The smallest absolute Gasteiger partial charge is 0.107 e. The summed E-state index contributed by atoms with van der Waals surface area (Å²) in [7, 11) is 0. The molecule has 0 radical (unpaired) electrons. The molecule has 1 aliphatic carbocycles. The third-order valence-electron chi connectivity index (χ3n) is 1.78. The SMILES string of the molecule is N#C[C@H]1C=CC=C2C=CN=C21. The Hall–Kier alpha value is -1.62.